The van der Waals surface area contributed by atoms with Crippen molar-refractivity contribution in [1.82, 2.24) is 4.98 Å². The fraction of sp³-hybridized carbons (Fsp3) is 0.267. The molecule has 0 aliphatic rings. The summed E-state index contributed by atoms with van der Waals surface area (Å²) in [6.07, 6.45) is 1.78. The summed E-state index contributed by atoms with van der Waals surface area (Å²) in [4.78, 5) is 4.28. The summed E-state index contributed by atoms with van der Waals surface area (Å²) < 4.78 is 5.59. The van der Waals surface area contributed by atoms with Gasteiger partial charge in [0.2, 0.25) is 0 Å². The molecule has 2 heterocycles. The minimum atomic E-state index is 0.851. The third kappa shape index (κ3) is 2.64. The van der Waals surface area contributed by atoms with E-state index >= 15 is 0 Å². The minimum Gasteiger partial charge on any atom is -0.454 e. The number of rotatable bonds is 0. The molecule has 0 bridgehead atoms. The monoisotopic (exact) mass is 229 g/mol. The fourth-order valence-corrected chi connectivity index (χ4v) is 1.54. The topological polar surface area (TPSA) is 26.0 Å². The van der Waals surface area contributed by atoms with Crippen LogP contribution in [0.15, 0.2) is 47.0 Å². The van der Waals surface area contributed by atoms with Crippen LogP contribution in [-0.2, 0) is 0 Å². The quantitative estimate of drug-likeness (QED) is 0.540. The first-order chi connectivity index (χ1) is 8.45. The lowest BCUT2D eigenvalue weighted by Crippen LogP contribution is -1.70. The highest BCUT2D eigenvalue weighted by atomic mass is 16.3. The zero-order valence-corrected chi connectivity index (χ0v) is 10.9. The second-order valence-corrected chi connectivity index (χ2v) is 2.95. The summed E-state index contributed by atoms with van der Waals surface area (Å²) in [7, 11) is 0. The molecule has 0 aliphatic carbocycles. The minimum absolute atomic E-state index is 0.851. The first kappa shape index (κ1) is 13.2. The van der Waals surface area contributed by atoms with Gasteiger partial charge in [-0.05, 0) is 24.3 Å². The van der Waals surface area contributed by atoms with Crippen molar-refractivity contribution in [3.8, 4) is 0 Å². The summed E-state index contributed by atoms with van der Waals surface area (Å²) in [6.45, 7) is 8.00. The summed E-state index contributed by atoms with van der Waals surface area (Å²) in [5.74, 6) is 0. The van der Waals surface area contributed by atoms with E-state index in [4.69, 9.17) is 4.42 Å². The van der Waals surface area contributed by atoms with E-state index in [-0.39, 0.29) is 0 Å². The van der Waals surface area contributed by atoms with Crippen LogP contribution in [0.1, 0.15) is 27.7 Å². The maximum atomic E-state index is 5.59. The molecular formula is C15H19NO. The van der Waals surface area contributed by atoms with Crippen molar-refractivity contribution in [3.05, 3.63) is 42.6 Å². The molecule has 0 spiro atoms. The molecule has 0 radical (unpaired) electrons. The van der Waals surface area contributed by atoms with Gasteiger partial charge in [-0.1, -0.05) is 39.8 Å². The Labute approximate surface area is 102 Å². The van der Waals surface area contributed by atoms with Crippen molar-refractivity contribution in [2.75, 3.05) is 0 Å². The second kappa shape index (κ2) is 6.69. The van der Waals surface area contributed by atoms with Gasteiger partial charge in [0.15, 0.2) is 5.58 Å². The van der Waals surface area contributed by atoms with Crippen molar-refractivity contribution >= 4 is 22.1 Å². The molecule has 0 saturated carbocycles. The Hall–Kier alpha value is -1.83. The molecule has 90 valence electrons. The first-order valence-corrected chi connectivity index (χ1v) is 6.17. The van der Waals surface area contributed by atoms with E-state index in [1.54, 1.807) is 6.20 Å². The van der Waals surface area contributed by atoms with Crippen LogP contribution in [0, 0.1) is 0 Å². The second-order valence-electron chi connectivity index (χ2n) is 2.95. The summed E-state index contributed by atoms with van der Waals surface area (Å²) >= 11 is 0. The molecule has 3 rings (SSSR count). The molecule has 0 N–H and O–H groups in total. The van der Waals surface area contributed by atoms with Gasteiger partial charge < -0.3 is 4.42 Å². The SMILES string of the molecule is CC.CC.c1ccc2c(c1)oc1cccnc12. The zero-order valence-electron chi connectivity index (χ0n) is 10.9. The van der Waals surface area contributed by atoms with Crippen LogP contribution in [0.4, 0.5) is 0 Å². The van der Waals surface area contributed by atoms with Crippen molar-refractivity contribution in [2.45, 2.75) is 27.7 Å². The number of furan rings is 1. The van der Waals surface area contributed by atoms with Gasteiger partial charge >= 0.3 is 0 Å². The van der Waals surface area contributed by atoms with E-state index in [9.17, 15) is 0 Å². The van der Waals surface area contributed by atoms with Gasteiger partial charge in [-0.15, -0.1) is 0 Å². The standard InChI is InChI=1S/C11H7NO.2C2H6/c1-2-5-9-8(4-1)11-10(13-9)6-3-7-12-11;2*1-2/h1-7H;2*1-2H3. The summed E-state index contributed by atoms with van der Waals surface area (Å²) in [5.41, 5.74) is 2.69. The number of nitrogens with zero attached hydrogens (tertiary/aromatic N) is 1. The number of pyridine rings is 1. The lowest BCUT2D eigenvalue weighted by Gasteiger charge is -1.84. The highest BCUT2D eigenvalue weighted by Crippen LogP contribution is 2.25. The van der Waals surface area contributed by atoms with Crippen LogP contribution in [0.2, 0.25) is 0 Å². The predicted molar refractivity (Wildman–Crippen MR) is 74.2 cm³/mol. The predicted octanol–water partition coefficient (Wildman–Crippen LogP) is 5.03. The molecule has 0 amide bonds. The van der Waals surface area contributed by atoms with E-state index in [1.807, 2.05) is 64.1 Å². The Balaban J connectivity index is 0.000000330. The van der Waals surface area contributed by atoms with E-state index in [1.165, 1.54) is 0 Å². The molecule has 2 aromatic heterocycles. The lowest BCUT2D eigenvalue weighted by atomic mass is 10.2. The van der Waals surface area contributed by atoms with Crippen molar-refractivity contribution in [1.29, 1.82) is 0 Å². The van der Waals surface area contributed by atoms with Crippen LogP contribution in [-0.4, -0.2) is 4.98 Å². The lowest BCUT2D eigenvalue weighted by molar-refractivity contribution is 0.668. The number of fused-ring (bicyclic) bond motifs is 3. The Kier molecular flexibility index (Phi) is 5.21. The number of aromatic nitrogens is 1. The van der Waals surface area contributed by atoms with E-state index in [2.05, 4.69) is 4.98 Å². The average molecular weight is 229 g/mol. The van der Waals surface area contributed by atoms with Gasteiger partial charge in [0, 0.05) is 11.6 Å². The maximum Gasteiger partial charge on any atom is 0.153 e. The van der Waals surface area contributed by atoms with Crippen LogP contribution in [0.25, 0.3) is 22.1 Å². The molecule has 0 aliphatic heterocycles. The number of benzene rings is 1. The molecule has 0 unspecified atom stereocenters. The Morgan fingerprint density at radius 3 is 2.24 bits per heavy atom. The highest BCUT2D eigenvalue weighted by Gasteiger charge is 2.04. The number of para-hydroxylation sites is 1. The number of hydrogen-bond acceptors (Lipinski definition) is 2. The van der Waals surface area contributed by atoms with Crippen molar-refractivity contribution < 1.29 is 4.42 Å². The van der Waals surface area contributed by atoms with Crippen LogP contribution < -0.4 is 0 Å². The van der Waals surface area contributed by atoms with E-state index < -0.39 is 0 Å². The maximum absolute atomic E-state index is 5.59. The van der Waals surface area contributed by atoms with Crippen molar-refractivity contribution in [2.24, 2.45) is 0 Å². The third-order valence-corrected chi connectivity index (χ3v) is 2.13. The average Bonchev–Trinajstić information content (AvgIpc) is 2.82. The molecule has 2 nitrogen and oxygen atoms in total. The molecule has 17 heavy (non-hydrogen) atoms. The van der Waals surface area contributed by atoms with E-state index in [0.717, 1.165) is 22.1 Å². The van der Waals surface area contributed by atoms with Gasteiger partial charge in [0.1, 0.15) is 11.1 Å². The third-order valence-electron chi connectivity index (χ3n) is 2.13. The first-order valence-electron chi connectivity index (χ1n) is 6.17. The van der Waals surface area contributed by atoms with Gasteiger partial charge in [-0.3, -0.25) is 4.98 Å². The van der Waals surface area contributed by atoms with Crippen LogP contribution >= 0.6 is 0 Å². The molecule has 0 fully saturated rings. The smallest absolute Gasteiger partial charge is 0.153 e. The molecular weight excluding hydrogens is 210 g/mol. The van der Waals surface area contributed by atoms with Crippen molar-refractivity contribution in [3.63, 3.8) is 0 Å². The van der Waals surface area contributed by atoms with Gasteiger partial charge in [-0.25, -0.2) is 0 Å². The highest BCUT2D eigenvalue weighted by molar-refractivity contribution is 6.01. The molecule has 0 saturated heterocycles. The fourth-order valence-electron chi connectivity index (χ4n) is 1.54. The summed E-state index contributed by atoms with van der Waals surface area (Å²) in [5, 5.41) is 1.08. The zero-order chi connectivity index (χ0) is 12.7. The van der Waals surface area contributed by atoms with Crippen LogP contribution in [0.5, 0.6) is 0 Å². The normalized spacial score (nSPS) is 9.18. The van der Waals surface area contributed by atoms with Gasteiger partial charge in [0.25, 0.3) is 0 Å². The van der Waals surface area contributed by atoms with Crippen LogP contribution in [0.3, 0.4) is 0 Å². The molecule has 1 aromatic carbocycles. The molecule has 2 heteroatoms. The summed E-state index contributed by atoms with van der Waals surface area (Å²) in [6, 6.07) is 11.7. The van der Waals surface area contributed by atoms with E-state index in [0.29, 0.717) is 0 Å². The Morgan fingerprint density at radius 2 is 1.47 bits per heavy atom. The number of hydrogen-bond donors (Lipinski definition) is 0. The molecule has 0 atom stereocenters. The Bertz CT molecular complexity index is 519. The van der Waals surface area contributed by atoms with Gasteiger partial charge in [0.05, 0.1) is 0 Å². The Morgan fingerprint density at radius 1 is 0.824 bits per heavy atom. The molecule has 3 aromatic rings. The largest absolute Gasteiger partial charge is 0.454 e. The van der Waals surface area contributed by atoms with Gasteiger partial charge in [-0.2, -0.15) is 0 Å².